The van der Waals surface area contributed by atoms with E-state index in [9.17, 15) is 4.79 Å². The highest BCUT2D eigenvalue weighted by molar-refractivity contribution is 5.90. The van der Waals surface area contributed by atoms with Gasteiger partial charge >= 0.3 is 5.97 Å². The van der Waals surface area contributed by atoms with Crippen LogP contribution in [0.3, 0.4) is 0 Å². The van der Waals surface area contributed by atoms with E-state index >= 15 is 0 Å². The van der Waals surface area contributed by atoms with Crippen molar-refractivity contribution in [1.29, 1.82) is 0 Å². The van der Waals surface area contributed by atoms with E-state index in [2.05, 4.69) is 4.74 Å². The lowest BCUT2D eigenvalue weighted by Gasteiger charge is -2.19. The number of nitrogens with zero attached hydrogens (tertiary/aromatic N) is 1. The number of furan rings is 1. The third kappa shape index (κ3) is 4.66. The van der Waals surface area contributed by atoms with Crippen LogP contribution in [0.2, 0.25) is 0 Å². The highest BCUT2D eigenvalue weighted by Gasteiger charge is 2.16. The Hall–Kier alpha value is -1.37. The van der Waals surface area contributed by atoms with Crippen LogP contribution in [0.25, 0.3) is 0 Å². The van der Waals surface area contributed by atoms with Crippen molar-refractivity contribution in [2.45, 2.75) is 13.5 Å². The Kier molecular flexibility index (Phi) is 6.55. The summed E-state index contributed by atoms with van der Waals surface area (Å²) < 4.78 is 15.2. The van der Waals surface area contributed by atoms with E-state index < -0.39 is 5.97 Å². The van der Waals surface area contributed by atoms with Crippen LogP contribution >= 0.6 is 0 Å². The quantitative estimate of drug-likeness (QED) is 0.706. The van der Waals surface area contributed by atoms with Gasteiger partial charge in [0.05, 0.1) is 26.9 Å². The van der Waals surface area contributed by atoms with E-state index in [1.807, 2.05) is 4.90 Å². The predicted octanol–water partition coefficient (Wildman–Crippen LogP) is 0.815. The molecule has 0 radical (unpaired) electrons. The van der Waals surface area contributed by atoms with Gasteiger partial charge < -0.3 is 19.0 Å². The van der Waals surface area contributed by atoms with Crippen LogP contribution in [0, 0.1) is 6.92 Å². The largest absolute Gasteiger partial charge is 0.465 e. The molecule has 108 valence electrons. The zero-order chi connectivity index (χ0) is 14.3. The second kappa shape index (κ2) is 7.93. The number of ether oxygens (including phenoxy) is 2. The predicted molar refractivity (Wildman–Crippen MR) is 69.0 cm³/mol. The second-order valence-corrected chi connectivity index (χ2v) is 4.17. The molecule has 6 nitrogen and oxygen atoms in total. The van der Waals surface area contributed by atoms with E-state index in [0.717, 1.165) is 0 Å². The van der Waals surface area contributed by atoms with Gasteiger partial charge in [0.1, 0.15) is 17.1 Å². The van der Waals surface area contributed by atoms with Gasteiger partial charge in [-0.05, 0) is 13.0 Å². The SMILES string of the molecule is COCCN(CCO)Cc1cc(C(=O)OC)c(C)o1. The minimum absolute atomic E-state index is 0.0628. The average molecular weight is 271 g/mol. The van der Waals surface area contributed by atoms with Gasteiger partial charge in [-0.3, -0.25) is 4.90 Å². The molecule has 1 aromatic heterocycles. The van der Waals surface area contributed by atoms with Crippen LogP contribution in [0.5, 0.6) is 0 Å². The summed E-state index contributed by atoms with van der Waals surface area (Å²) in [6, 6.07) is 1.68. The molecule has 6 heteroatoms. The number of carbonyl (C=O) groups is 1. The van der Waals surface area contributed by atoms with Crippen molar-refractivity contribution in [2.75, 3.05) is 40.5 Å². The molecule has 0 spiro atoms. The van der Waals surface area contributed by atoms with Gasteiger partial charge in [-0.2, -0.15) is 0 Å². The van der Waals surface area contributed by atoms with Gasteiger partial charge in [-0.1, -0.05) is 0 Å². The zero-order valence-corrected chi connectivity index (χ0v) is 11.6. The Labute approximate surface area is 112 Å². The van der Waals surface area contributed by atoms with Crippen LogP contribution in [-0.2, 0) is 16.0 Å². The van der Waals surface area contributed by atoms with Gasteiger partial charge in [0.2, 0.25) is 0 Å². The standard InChI is InChI=1S/C13H21NO5/c1-10-12(13(16)18-3)8-11(19-10)9-14(4-6-15)5-7-17-2/h8,15H,4-7,9H2,1-3H3. The fraction of sp³-hybridized carbons (Fsp3) is 0.615. The molecule has 1 aromatic rings. The summed E-state index contributed by atoms with van der Waals surface area (Å²) in [6.07, 6.45) is 0. The summed E-state index contributed by atoms with van der Waals surface area (Å²) in [7, 11) is 2.97. The van der Waals surface area contributed by atoms with Crippen LogP contribution in [0.1, 0.15) is 21.9 Å². The van der Waals surface area contributed by atoms with E-state index in [4.69, 9.17) is 14.3 Å². The first-order chi connectivity index (χ1) is 9.12. The normalized spacial score (nSPS) is 11.0. The maximum atomic E-state index is 11.5. The fourth-order valence-corrected chi connectivity index (χ4v) is 1.79. The molecular weight excluding hydrogens is 250 g/mol. The Bertz CT molecular complexity index is 402. The summed E-state index contributed by atoms with van der Waals surface area (Å²) in [5.74, 6) is 0.804. The number of aliphatic hydroxyl groups is 1. The molecule has 19 heavy (non-hydrogen) atoms. The Morgan fingerprint density at radius 3 is 2.74 bits per heavy atom. The Morgan fingerprint density at radius 2 is 2.16 bits per heavy atom. The molecule has 0 amide bonds. The third-order valence-corrected chi connectivity index (χ3v) is 2.78. The number of hydrogen-bond acceptors (Lipinski definition) is 6. The molecule has 1 rings (SSSR count). The van der Waals surface area contributed by atoms with Crippen molar-refractivity contribution in [1.82, 2.24) is 4.90 Å². The summed E-state index contributed by atoms with van der Waals surface area (Å²) in [5, 5.41) is 9.01. The minimum Gasteiger partial charge on any atom is -0.465 e. The number of methoxy groups -OCH3 is 2. The molecule has 1 N–H and O–H groups in total. The maximum Gasteiger partial charge on any atom is 0.341 e. The molecule has 0 saturated heterocycles. The summed E-state index contributed by atoms with van der Waals surface area (Å²) in [4.78, 5) is 13.5. The van der Waals surface area contributed by atoms with E-state index in [-0.39, 0.29) is 6.61 Å². The highest BCUT2D eigenvalue weighted by Crippen LogP contribution is 2.17. The molecule has 0 saturated carbocycles. The van der Waals surface area contributed by atoms with Crippen molar-refractivity contribution in [3.63, 3.8) is 0 Å². The van der Waals surface area contributed by atoms with Gasteiger partial charge in [0.15, 0.2) is 0 Å². The Morgan fingerprint density at radius 1 is 1.42 bits per heavy atom. The van der Waals surface area contributed by atoms with Gasteiger partial charge in [0.25, 0.3) is 0 Å². The van der Waals surface area contributed by atoms with Gasteiger partial charge in [-0.15, -0.1) is 0 Å². The van der Waals surface area contributed by atoms with Crippen molar-refractivity contribution in [3.05, 3.63) is 23.2 Å². The fourth-order valence-electron chi connectivity index (χ4n) is 1.79. The van der Waals surface area contributed by atoms with Gasteiger partial charge in [-0.25, -0.2) is 4.79 Å². The molecular formula is C13H21NO5. The van der Waals surface area contributed by atoms with E-state index in [1.165, 1.54) is 7.11 Å². The lowest BCUT2D eigenvalue weighted by Crippen LogP contribution is -2.29. The number of esters is 1. The van der Waals surface area contributed by atoms with Crippen molar-refractivity contribution < 1.29 is 23.8 Å². The zero-order valence-electron chi connectivity index (χ0n) is 11.6. The van der Waals surface area contributed by atoms with Crippen LogP contribution in [-0.4, -0.2) is 56.5 Å². The molecule has 0 aliphatic rings. The van der Waals surface area contributed by atoms with Crippen LogP contribution in [0.4, 0.5) is 0 Å². The molecule has 0 aliphatic carbocycles. The first-order valence-corrected chi connectivity index (χ1v) is 6.12. The van der Waals surface area contributed by atoms with E-state index in [0.29, 0.717) is 43.3 Å². The van der Waals surface area contributed by atoms with Gasteiger partial charge in [0, 0.05) is 20.2 Å². The molecule has 0 aromatic carbocycles. The third-order valence-electron chi connectivity index (χ3n) is 2.78. The molecule has 0 atom stereocenters. The molecule has 0 unspecified atom stereocenters. The van der Waals surface area contributed by atoms with Crippen molar-refractivity contribution in [2.24, 2.45) is 0 Å². The summed E-state index contributed by atoms with van der Waals surface area (Å²) in [5.41, 5.74) is 0.438. The lowest BCUT2D eigenvalue weighted by atomic mass is 10.2. The number of hydrogen-bond donors (Lipinski definition) is 1. The average Bonchev–Trinajstić information content (AvgIpc) is 2.76. The number of rotatable bonds is 8. The number of aryl methyl sites for hydroxylation is 1. The topological polar surface area (TPSA) is 72.1 Å². The van der Waals surface area contributed by atoms with Crippen LogP contribution < -0.4 is 0 Å². The summed E-state index contributed by atoms with van der Waals surface area (Å²) >= 11 is 0. The monoisotopic (exact) mass is 271 g/mol. The molecule has 0 fully saturated rings. The first kappa shape index (κ1) is 15.7. The Balaban J connectivity index is 2.70. The smallest absolute Gasteiger partial charge is 0.341 e. The van der Waals surface area contributed by atoms with Crippen molar-refractivity contribution in [3.8, 4) is 0 Å². The van der Waals surface area contributed by atoms with E-state index in [1.54, 1.807) is 20.1 Å². The number of carbonyl (C=O) groups excluding carboxylic acids is 1. The molecule has 0 bridgehead atoms. The number of aliphatic hydroxyl groups excluding tert-OH is 1. The maximum absolute atomic E-state index is 11.5. The highest BCUT2D eigenvalue weighted by atomic mass is 16.5. The second-order valence-electron chi connectivity index (χ2n) is 4.17. The molecule has 0 aliphatic heterocycles. The minimum atomic E-state index is -0.405. The lowest BCUT2D eigenvalue weighted by molar-refractivity contribution is 0.0599. The van der Waals surface area contributed by atoms with Crippen molar-refractivity contribution >= 4 is 5.97 Å². The molecule has 1 heterocycles. The summed E-state index contributed by atoms with van der Waals surface area (Å²) in [6.45, 7) is 4.08. The first-order valence-electron chi connectivity index (χ1n) is 6.12. The van der Waals surface area contributed by atoms with Crippen LogP contribution in [0.15, 0.2) is 10.5 Å².